The largest absolute Gasteiger partial charge is 0.464 e. The van der Waals surface area contributed by atoms with Gasteiger partial charge in [-0.2, -0.15) is 0 Å². The van der Waals surface area contributed by atoms with E-state index in [1.807, 2.05) is 39.8 Å². The fourth-order valence-electron chi connectivity index (χ4n) is 4.34. The van der Waals surface area contributed by atoms with Crippen molar-refractivity contribution in [3.63, 3.8) is 0 Å². The number of halogens is 1. The maximum Gasteiger partial charge on any atom is 0.256 e. The Kier molecular flexibility index (Phi) is 7.00. The zero-order chi connectivity index (χ0) is 27.3. The first kappa shape index (κ1) is 26.9. The van der Waals surface area contributed by atoms with Gasteiger partial charge in [-0.3, -0.25) is 14.4 Å². The fourth-order valence-corrected chi connectivity index (χ4v) is 5.02. The molecule has 12 heteroatoms. The highest BCUT2D eigenvalue weighted by Gasteiger charge is 2.35. The predicted octanol–water partition coefficient (Wildman–Crippen LogP) is 3.29. The van der Waals surface area contributed by atoms with Gasteiger partial charge in [-0.15, -0.1) is 0 Å². The molecule has 0 radical (unpaired) electrons. The molecule has 3 aromatic rings. The van der Waals surface area contributed by atoms with Crippen LogP contribution < -0.4 is 26.2 Å². The average molecular weight is 549 g/mol. The van der Waals surface area contributed by atoms with Crippen molar-refractivity contribution >= 4 is 44.6 Å². The summed E-state index contributed by atoms with van der Waals surface area (Å²) in [7, 11) is -3.40. The molecule has 1 amide bonds. The highest BCUT2D eigenvalue weighted by molar-refractivity contribution is 7.88. The number of nitrogens with zero attached hydrogens (tertiary/aromatic N) is 1. The maximum atomic E-state index is 13.2. The lowest BCUT2D eigenvalue weighted by Crippen LogP contribution is -2.39. The number of carbonyl (C=O) groups excluding carboxylic acids is 1. The fraction of sp³-hybridized carbons (Fsp3) is 0.400. The van der Waals surface area contributed by atoms with Crippen molar-refractivity contribution in [2.45, 2.75) is 40.3 Å². The molecule has 0 saturated heterocycles. The number of hydrogen-bond acceptors (Lipinski definition) is 8. The Morgan fingerprint density at radius 2 is 1.76 bits per heavy atom. The Bertz CT molecular complexity index is 1550. The molecule has 0 aliphatic carbocycles. The predicted molar refractivity (Wildman–Crippen MR) is 143 cm³/mol. The SMILES string of the molecule is Cc1ccc([C@H](Nc2c(Nc3ccc(Cl)c4c3C(=O)N(CCNS(C)(=O)=O)C4)c(=O)c2=O)C(C)(C)C)o1. The van der Waals surface area contributed by atoms with E-state index in [0.717, 1.165) is 12.0 Å². The standard InChI is InChI=1S/C25H29ClN4O6S/c1-13-6-9-17(36-13)23(25(2,3)4)29-20-19(21(31)22(20)32)28-16-8-7-15(26)14-12-30(24(33)18(14)16)11-10-27-37(5,34)35/h6-9,23,27-29H,10-12H2,1-5H3/t23-/m0/s1. The molecular formula is C25H29ClN4O6S. The van der Waals surface area contributed by atoms with Gasteiger partial charge in [0.05, 0.1) is 23.5 Å². The number of fused-ring (bicyclic) bond motifs is 1. The van der Waals surface area contributed by atoms with E-state index in [-0.39, 0.29) is 47.9 Å². The first-order valence-electron chi connectivity index (χ1n) is 11.7. The molecule has 2 heterocycles. The molecule has 198 valence electrons. The summed E-state index contributed by atoms with van der Waals surface area (Å²) in [6, 6.07) is 6.44. The second-order valence-electron chi connectivity index (χ2n) is 10.3. The van der Waals surface area contributed by atoms with E-state index in [1.165, 1.54) is 4.90 Å². The molecule has 1 atom stereocenters. The van der Waals surface area contributed by atoms with Gasteiger partial charge in [0.25, 0.3) is 16.8 Å². The lowest BCUT2D eigenvalue weighted by atomic mass is 9.85. The number of anilines is 3. The molecule has 3 N–H and O–H groups in total. The first-order valence-corrected chi connectivity index (χ1v) is 13.9. The molecule has 0 spiro atoms. The number of nitrogens with one attached hydrogen (secondary N) is 3. The Balaban J connectivity index is 1.62. The van der Waals surface area contributed by atoms with Crippen LogP contribution in [0.5, 0.6) is 0 Å². The molecule has 10 nitrogen and oxygen atoms in total. The minimum atomic E-state index is -3.40. The third-order valence-corrected chi connectivity index (χ3v) is 7.30. The topological polar surface area (TPSA) is 138 Å². The van der Waals surface area contributed by atoms with Crippen LogP contribution in [0.4, 0.5) is 17.1 Å². The summed E-state index contributed by atoms with van der Waals surface area (Å²) in [4.78, 5) is 39.8. The number of amides is 1. The number of hydrogen-bond donors (Lipinski definition) is 3. The molecule has 0 bridgehead atoms. The minimum absolute atomic E-state index is 0.0472. The monoisotopic (exact) mass is 548 g/mol. The van der Waals surface area contributed by atoms with Gasteiger partial charge in [0, 0.05) is 30.2 Å². The van der Waals surface area contributed by atoms with Crippen LogP contribution in [0.2, 0.25) is 5.02 Å². The molecular weight excluding hydrogens is 520 g/mol. The smallest absolute Gasteiger partial charge is 0.256 e. The highest BCUT2D eigenvalue weighted by Crippen LogP contribution is 2.39. The van der Waals surface area contributed by atoms with E-state index in [0.29, 0.717) is 22.0 Å². The van der Waals surface area contributed by atoms with E-state index in [9.17, 15) is 22.8 Å². The van der Waals surface area contributed by atoms with Crippen LogP contribution in [0.15, 0.2) is 38.3 Å². The lowest BCUT2D eigenvalue weighted by Gasteiger charge is -2.31. The van der Waals surface area contributed by atoms with Crippen molar-refractivity contribution in [3.8, 4) is 0 Å². The number of sulfonamides is 1. The van der Waals surface area contributed by atoms with Crippen LogP contribution in [0, 0.1) is 12.3 Å². The summed E-state index contributed by atoms with van der Waals surface area (Å²) in [5.41, 5.74) is -0.389. The normalized spacial score (nSPS) is 14.8. The Hall–Kier alpha value is -3.15. The summed E-state index contributed by atoms with van der Waals surface area (Å²) < 4.78 is 30.9. The third-order valence-electron chi connectivity index (χ3n) is 6.22. The Morgan fingerprint density at radius 3 is 2.35 bits per heavy atom. The minimum Gasteiger partial charge on any atom is -0.464 e. The number of carbonyl (C=O) groups is 1. The van der Waals surface area contributed by atoms with Gasteiger partial charge in [-0.25, -0.2) is 13.1 Å². The Morgan fingerprint density at radius 1 is 1.08 bits per heavy atom. The zero-order valence-electron chi connectivity index (χ0n) is 21.2. The van der Waals surface area contributed by atoms with Gasteiger partial charge in [0.1, 0.15) is 22.9 Å². The second kappa shape index (κ2) is 9.62. The van der Waals surface area contributed by atoms with Crippen LogP contribution in [-0.4, -0.2) is 38.6 Å². The van der Waals surface area contributed by atoms with Crippen LogP contribution >= 0.6 is 11.6 Å². The van der Waals surface area contributed by atoms with Crippen molar-refractivity contribution in [1.82, 2.24) is 9.62 Å². The molecule has 4 rings (SSSR count). The van der Waals surface area contributed by atoms with E-state index in [2.05, 4.69) is 15.4 Å². The van der Waals surface area contributed by atoms with Crippen LogP contribution in [0.25, 0.3) is 0 Å². The second-order valence-corrected chi connectivity index (χ2v) is 12.5. The molecule has 0 unspecified atom stereocenters. The Labute approximate surface area is 219 Å². The average Bonchev–Trinajstić information content (AvgIpc) is 3.36. The van der Waals surface area contributed by atoms with E-state index in [1.54, 1.807) is 12.1 Å². The molecule has 1 aromatic heterocycles. The summed E-state index contributed by atoms with van der Waals surface area (Å²) >= 11 is 6.36. The molecule has 1 aliphatic rings. The third kappa shape index (κ3) is 5.43. The van der Waals surface area contributed by atoms with Crippen molar-refractivity contribution in [2.75, 3.05) is 30.0 Å². The highest BCUT2D eigenvalue weighted by atomic mass is 35.5. The van der Waals surface area contributed by atoms with Gasteiger partial charge in [-0.1, -0.05) is 32.4 Å². The summed E-state index contributed by atoms with van der Waals surface area (Å²) in [5.74, 6) is 0.993. The summed E-state index contributed by atoms with van der Waals surface area (Å²) in [6.45, 7) is 8.16. The number of furan rings is 1. The van der Waals surface area contributed by atoms with E-state index >= 15 is 0 Å². The molecule has 37 heavy (non-hydrogen) atoms. The zero-order valence-corrected chi connectivity index (χ0v) is 22.8. The summed E-state index contributed by atoms with van der Waals surface area (Å²) in [5, 5.41) is 6.53. The molecule has 0 saturated carbocycles. The quantitative estimate of drug-likeness (QED) is 0.346. The van der Waals surface area contributed by atoms with E-state index < -0.39 is 26.9 Å². The van der Waals surface area contributed by atoms with Crippen molar-refractivity contribution in [1.29, 1.82) is 0 Å². The van der Waals surface area contributed by atoms with Gasteiger partial charge in [0.15, 0.2) is 0 Å². The lowest BCUT2D eigenvalue weighted by molar-refractivity contribution is 0.0782. The number of rotatable bonds is 9. The number of benzene rings is 1. The first-order chi connectivity index (χ1) is 17.2. The molecule has 1 aliphatic heterocycles. The van der Waals surface area contributed by atoms with Gasteiger partial charge >= 0.3 is 0 Å². The number of aryl methyl sites for hydroxylation is 1. The molecule has 0 fully saturated rings. The molecule has 2 aromatic carbocycles. The van der Waals surface area contributed by atoms with Gasteiger partial charge < -0.3 is 20.0 Å². The van der Waals surface area contributed by atoms with Crippen LogP contribution in [0.1, 0.15) is 54.3 Å². The van der Waals surface area contributed by atoms with Crippen LogP contribution in [-0.2, 0) is 16.6 Å². The van der Waals surface area contributed by atoms with Crippen LogP contribution in [0.3, 0.4) is 0 Å². The van der Waals surface area contributed by atoms with Crippen molar-refractivity contribution in [2.24, 2.45) is 5.41 Å². The summed E-state index contributed by atoms with van der Waals surface area (Å²) in [6.07, 6.45) is 1.04. The van der Waals surface area contributed by atoms with Gasteiger partial charge in [-0.05, 0) is 36.6 Å². The van der Waals surface area contributed by atoms with E-state index in [4.69, 9.17) is 16.0 Å². The van der Waals surface area contributed by atoms with Gasteiger partial charge in [0.2, 0.25) is 10.0 Å². The maximum absolute atomic E-state index is 13.2. The van der Waals surface area contributed by atoms with Crippen molar-refractivity contribution < 1.29 is 17.6 Å². The van der Waals surface area contributed by atoms with Crippen molar-refractivity contribution in [3.05, 3.63) is 72.4 Å².